The average Bonchev–Trinajstić information content (AvgIpc) is 2.98. The van der Waals surface area contributed by atoms with Crippen molar-refractivity contribution in [2.45, 2.75) is 65.8 Å². The van der Waals surface area contributed by atoms with Crippen LogP contribution in [0.1, 0.15) is 63.6 Å². The Hall–Kier alpha value is -1.63. The van der Waals surface area contributed by atoms with Gasteiger partial charge in [0.25, 0.3) is 0 Å². The highest BCUT2D eigenvalue weighted by Crippen LogP contribution is 2.28. The van der Waals surface area contributed by atoms with E-state index in [4.69, 9.17) is 5.73 Å². The predicted molar refractivity (Wildman–Crippen MR) is 104 cm³/mol. The van der Waals surface area contributed by atoms with Crippen LogP contribution in [-0.4, -0.2) is 34.5 Å². The summed E-state index contributed by atoms with van der Waals surface area (Å²) in [6.07, 6.45) is 4.91. The van der Waals surface area contributed by atoms with E-state index < -0.39 is 9.84 Å². The highest BCUT2D eigenvalue weighted by molar-refractivity contribution is 7.91. The molecule has 0 unspecified atom stereocenters. The van der Waals surface area contributed by atoms with E-state index in [2.05, 4.69) is 35.3 Å². The highest BCUT2D eigenvalue weighted by atomic mass is 32.2. The molecule has 0 fully saturated rings. The zero-order valence-corrected chi connectivity index (χ0v) is 16.6. The molecular formula is C18H30N4O2S. The maximum atomic E-state index is 11.9. The van der Waals surface area contributed by atoms with Gasteiger partial charge >= 0.3 is 0 Å². The Balaban J connectivity index is 2.10. The number of nitrogens with zero attached hydrogens (tertiary/aromatic N) is 3. The Morgan fingerprint density at radius 3 is 2.52 bits per heavy atom. The van der Waals surface area contributed by atoms with Gasteiger partial charge in [0.2, 0.25) is 0 Å². The molecule has 2 aromatic rings. The van der Waals surface area contributed by atoms with E-state index >= 15 is 0 Å². The van der Waals surface area contributed by atoms with Crippen LogP contribution in [0.5, 0.6) is 0 Å². The lowest BCUT2D eigenvalue weighted by Gasteiger charge is -2.13. The number of unbranched alkanes of at least 4 members (excludes halogenated alkanes) is 2. The van der Waals surface area contributed by atoms with Crippen molar-refractivity contribution in [1.82, 2.24) is 14.5 Å². The van der Waals surface area contributed by atoms with Crippen LogP contribution in [0.2, 0.25) is 0 Å². The van der Waals surface area contributed by atoms with Crippen LogP contribution < -0.4 is 5.73 Å². The molecule has 0 atom stereocenters. The van der Waals surface area contributed by atoms with Gasteiger partial charge in [0, 0.05) is 6.54 Å². The largest absolute Gasteiger partial charge is 0.382 e. The maximum absolute atomic E-state index is 11.9. The molecule has 2 rings (SSSR count). The van der Waals surface area contributed by atoms with Crippen LogP contribution in [-0.2, 0) is 16.4 Å². The zero-order valence-electron chi connectivity index (χ0n) is 15.7. The van der Waals surface area contributed by atoms with Gasteiger partial charge in [-0.3, -0.25) is 0 Å². The summed E-state index contributed by atoms with van der Waals surface area (Å²) in [5.41, 5.74) is 9.92. The summed E-state index contributed by atoms with van der Waals surface area (Å²) in [4.78, 5) is 8.90. The van der Waals surface area contributed by atoms with Crippen LogP contribution in [0, 0.1) is 6.92 Å². The number of rotatable bonds is 9. The molecule has 7 heteroatoms. The first-order valence-electron chi connectivity index (χ1n) is 9.08. The summed E-state index contributed by atoms with van der Waals surface area (Å²) in [5, 5.41) is 0. The van der Waals surface area contributed by atoms with Crippen molar-refractivity contribution in [2.75, 3.05) is 17.2 Å². The number of imidazole rings is 1. The smallest absolute Gasteiger partial charge is 0.151 e. The summed E-state index contributed by atoms with van der Waals surface area (Å²) in [6, 6.07) is 0. The molecule has 25 heavy (non-hydrogen) atoms. The molecule has 0 aliphatic carbocycles. The van der Waals surface area contributed by atoms with Gasteiger partial charge in [-0.25, -0.2) is 18.4 Å². The van der Waals surface area contributed by atoms with Crippen molar-refractivity contribution in [3.05, 3.63) is 17.6 Å². The van der Waals surface area contributed by atoms with E-state index in [0.29, 0.717) is 23.9 Å². The Bertz CT molecular complexity index is 825. The molecular weight excluding hydrogens is 336 g/mol. The first-order valence-corrected chi connectivity index (χ1v) is 10.9. The molecule has 0 aromatic carbocycles. The number of pyridine rings is 1. The topological polar surface area (TPSA) is 90.9 Å². The predicted octanol–water partition coefficient (Wildman–Crippen LogP) is 3.44. The van der Waals surface area contributed by atoms with Gasteiger partial charge in [0.1, 0.15) is 15.4 Å². The number of aryl methyl sites for hydroxylation is 2. The SMILES string of the molecule is CCCCS(=O)(=O)CCCCn1cnc2c(N)nc(C(C)C)c(C)c21. The van der Waals surface area contributed by atoms with Crippen molar-refractivity contribution in [3.63, 3.8) is 0 Å². The number of nitrogen functional groups attached to an aromatic ring is 1. The molecule has 0 saturated carbocycles. The minimum absolute atomic E-state index is 0.263. The summed E-state index contributed by atoms with van der Waals surface area (Å²) in [6.45, 7) is 9.00. The third-order valence-corrected chi connectivity index (χ3v) is 6.34. The highest BCUT2D eigenvalue weighted by Gasteiger charge is 2.16. The molecule has 140 valence electrons. The van der Waals surface area contributed by atoms with Crippen LogP contribution in [0.4, 0.5) is 5.82 Å². The number of fused-ring (bicyclic) bond motifs is 1. The first-order chi connectivity index (χ1) is 11.8. The molecule has 0 amide bonds. The van der Waals surface area contributed by atoms with Crippen LogP contribution in [0.15, 0.2) is 6.33 Å². The van der Waals surface area contributed by atoms with Crippen LogP contribution in [0.3, 0.4) is 0 Å². The van der Waals surface area contributed by atoms with Gasteiger partial charge < -0.3 is 10.3 Å². The third-order valence-electron chi connectivity index (χ3n) is 4.52. The summed E-state index contributed by atoms with van der Waals surface area (Å²) in [7, 11) is -2.92. The fourth-order valence-corrected chi connectivity index (χ4v) is 4.73. The zero-order chi connectivity index (χ0) is 18.6. The Morgan fingerprint density at radius 1 is 1.20 bits per heavy atom. The molecule has 0 radical (unpaired) electrons. The monoisotopic (exact) mass is 366 g/mol. The van der Waals surface area contributed by atoms with Gasteiger partial charge in [-0.2, -0.15) is 0 Å². The normalized spacial score (nSPS) is 12.4. The molecule has 0 aliphatic rings. The second-order valence-electron chi connectivity index (χ2n) is 7.01. The Morgan fingerprint density at radius 2 is 1.88 bits per heavy atom. The summed E-state index contributed by atoms with van der Waals surface area (Å²) >= 11 is 0. The quantitative estimate of drug-likeness (QED) is 0.686. The lowest BCUT2D eigenvalue weighted by atomic mass is 10.0. The standard InChI is InChI=1S/C18H30N4O2S/c1-5-6-10-25(23,24)11-8-7-9-22-12-20-16-17(22)14(4)15(13(2)3)21-18(16)19/h12-13H,5-11H2,1-4H3,(H2,19,21). The van der Waals surface area contributed by atoms with Crippen LogP contribution in [0.25, 0.3) is 11.0 Å². The molecule has 6 nitrogen and oxygen atoms in total. The molecule has 0 saturated heterocycles. The third kappa shape index (κ3) is 4.71. The minimum atomic E-state index is -2.92. The van der Waals surface area contributed by atoms with E-state index in [1.807, 2.05) is 6.92 Å². The number of aromatic nitrogens is 3. The number of sulfone groups is 1. The first kappa shape index (κ1) is 19.7. The molecule has 2 heterocycles. The molecule has 0 bridgehead atoms. The molecule has 2 aromatic heterocycles. The number of anilines is 1. The van der Waals surface area contributed by atoms with Crippen molar-refractivity contribution in [3.8, 4) is 0 Å². The average molecular weight is 367 g/mol. The van der Waals surface area contributed by atoms with Crippen molar-refractivity contribution in [2.24, 2.45) is 0 Å². The summed E-state index contributed by atoms with van der Waals surface area (Å²) < 4.78 is 26.0. The van der Waals surface area contributed by atoms with E-state index in [-0.39, 0.29) is 5.75 Å². The van der Waals surface area contributed by atoms with Gasteiger partial charge in [-0.15, -0.1) is 0 Å². The van der Waals surface area contributed by atoms with Gasteiger partial charge in [-0.1, -0.05) is 27.2 Å². The van der Waals surface area contributed by atoms with Gasteiger partial charge in [-0.05, 0) is 37.7 Å². The number of hydrogen-bond acceptors (Lipinski definition) is 5. The second-order valence-corrected chi connectivity index (χ2v) is 9.31. The molecule has 0 aliphatic heterocycles. The fraction of sp³-hybridized carbons (Fsp3) is 0.667. The number of nitrogens with two attached hydrogens (primary N) is 1. The van der Waals surface area contributed by atoms with Crippen LogP contribution >= 0.6 is 0 Å². The molecule has 0 spiro atoms. The Labute approximate surface area is 150 Å². The number of hydrogen-bond donors (Lipinski definition) is 1. The Kier molecular flexibility index (Phi) is 6.43. The van der Waals surface area contributed by atoms with Gasteiger partial charge in [0.15, 0.2) is 5.82 Å². The van der Waals surface area contributed by atoms with Gasteiger partial charge in [0.05, 0.1) is 29.0 Å². The van der Waals surface area contributed by atoms with E-state index in [9.17, 15) is 8.42 Å². The van der Waals surface area contributed by atoms with E-state index in [1.165, 1.54) is 0 Å². The fourth-order valence-electron chi connectivity index (χ4n) is 3.15. The van der Waals surface area contributed by atoms with Crippen molar-refractivity contribution >= 4 is 26.7 Å². The second kappa shape index (κ2) is 8.17. The minimum Gasteiger partial charge on any atom is -0.382 e. The van der Waals surface area contributed by atoms with Crippen molar-refractivity contribution in [1.29, 1.82) is 0 Å². The van der Waals surface area contributed by atoms with E-state index in [1.54, 1.807) is 6.33 Å². The van der Waals surface area contributed by atoms with Crippen molar-refractivity contribution < 1.29 is 8.42 Å². The maximum Gasteiger partial charge on any atom is 0.151 e. The van der Waals surface area contributed by atoms with E-state index in [0.717, 1.165) is 48.1 Å². The lowest BCUT2D eigenvalue weighted by molar-refractivity contribution is 0.582. The lowest BCUT2D eigenvalue weighted by Crippen LogP contribution is -2.12. The molecule has 2 N–H and O–H groups in total. The summed E-state index contributed by atoms with van der Waals surface area (Å²) in [5.74, 6) is 1.32.